The number of nitrogens with one attached hydrogen (secondary N) is 2. The predicted octanol–water partition coefficient (Wildman–Crippen LogP) is 4.46. The molecule has 3 rings (SSSR count). The van der Waals surface area contributed by atoms with Crippen LogP contribution in [0.4, 0.5) is 21.5 Å². The Morgan fingerprint density at radius 1 is 1.33 bits per heavy atom. The number of anilines is 3. The van der Waals surface area contributed by atoms with Crippen LogP contribution in [0.15, 0.2) is 36.4 Å². The van der Waals surface area contributed by atoms with E-state index in [0.717, 1.165) is 5.39 Å². The lowest BCUT2D eigenvalue weighted by Crippen LogP contribution is -2.04. The van der Waals surface area contributed by atoms with E-state index in [2.05, 4.69) is 10.3 Å². The van der Waals surface area contributed by atoms with Crippen molar-refractivity contribution in [3.63, 3.8) is 0 Å². The second-order valence-corrected chi connectivity index (χ2v) is 5.56. The maximum atomic E-state index is 13.3. The maximum absolute atomic E-state index is 13.3. The van der Waals surface area contributed by atoms with Gasteiger partial charge in [-0.05, 0) is 43.3 Å². The van der Waals surface area contributed by atoms with Crippen LogP contribution in [0.2, 0.25) is 5.02 Å². The SMILES string of the molecule is CCOC(=O)c1cc2c(Nc3ccc(F)c(Cl)c3)ccc(N)c2[nH]1. The summed E-state index contributed by atoms with van der Waals surface area (Å²) in [5.41, 5.74) is 8.72. The number of esters is 1. The van der Waals surface area contributed by atoms with Crippen molar-refractivity contribution in [1.82, 2.24) is 4.98 Å². The van der Waals surface area contributed by atoms with Crippen LogP contribution in [0.3, 0.4) is 0 Å². The van der Waals surface area contributed by atoms with Gasteiger partial charge in [-0.2, -0.15) is 0 Å². The quantitative estimate of drug-likeness (QED) is 0.480. The minimum atomic E-state index is -0.490. The van der Waals surface area contributed by atoms with Crippen LogP contribution in [0.1, 0.15) is 17.4 Å². The minimum absolute atomic E-state index is 0.0213. The number of rotatable bonds is 4. The lowest BCUT2D eigenvalue weighted by atomic mass is 10.1. The molecule has 24 heavy (non-hydrogen) atoms. The zero-order valence-corrected chi connectivity index (χ0v) is 13.6. The molecule has 0 unspecified atom stereocenters. The molecule has 0 aliphatic rings. The normalized spacial score (nSPS) is 10.8. The van der Waals surface area contributed by atoms with Gasteiger partial charge in [-0.3, -0.25) is 0 Å². The first-order chi connectivity index (χ1) is 11.5. The van der Waals surface area contributed by atoms with Gasteiger partial charge >= 0.3 is 5.97 Å². The highest BCUT2D eigenvalue weighted by molar-refractivity contribution is 6.31. The number of hydrogen-bond donors (Lipinski definition) is 3. The number of benzene rings is 2. The van der Waals surface area contributed by atoms with Crippen molar-refractivity contribution in [2.45, 2.75) is 6.92 Å². The summed E-state index contributed by atoms with van der Waals surface area (Å²) in [6.45, 7) is 2.02. The Morgan fingerprint density at radius 3 is 2.83 bits per heavy atom. The number of carbonyl (C=O) groups is 1. The Morgan fingerprint density at radius 2 is 2.12 bits per heavy atom. The molecule has 0 saturated heterocycles. The number of halogens is 2. The smallest absolute Gasteiger partial charge is 0.354 e. The molecule has 0 aliphatic heterocycles. The van der Waals surface area contributed by atoms with Crippen molar-refractivity contribution in [2.24, 2.45) is 0 Å². The fourth-order valence-corrected chi connectivity index (χ4v) is 2.58. The molecule has 3 aromatic rings. The Hall–Kier alpha value is -2.73. The molecule has 124 valence electrons. The molecule has 1 aromatic heterocycles. The van der Waals surface area contributed by atoms with E-state index in [1.165, 1.54) is 12.1 Å². The van der Waals surface area contributed by atoms with Gasteiger partial charge in [0.1, 0.15) is 11.5 Å². The van der Waals surface area contributed by atoms with Crippen LogP contribution in [0.5, 0.6) is 0 Å². The summed E-state index contributed by atoms with van der Waals surface area (Å²) < 4.78 is 18.3. The number of aromatic amines is 1. The Labute approximate surface area is 142 Å². The van der Waals surface area contributed by atoms with Gasteiger partial charge in [0.2, 0.25) is 0 Å². The monoisotopic (exact) mass is 347 g/mol. The number of aromatic nitrogens is 1. The Bertz CT molecular complexity index is 924. The summed E-state index contributed by atoms with van der Waals surface area (Å²) in [4.78, 5) is 14.9. The number of carbonyl (C=O) groups excluding carboxylic acids is 1. The second kappa shape index (κ2) is 6.41. The number of ether oxygens (including phenoxy) is 1. The van der Waals surface area contributed by atoms with Crippen molar-refractivity contribution < 1.29 is 13.9 Å². The van der Waals surface area contributed by atoms with Crippen molar-refractivity contribution in [3.05, 3.63) is 52.9 Å². The molecule has 0 atom stereocenters. The van der Waals surface area contributed by atoms with Crippen molar-refractivity contribution in [2.75, 3.05) is 17.7 Å². The van der Waals surface area contributed by atoms with Crippen molar-refractivity contribution in [3.8, 4) is 0 Å². The first-order valence-electron chi connectivity index (χ1n) is 7.30. The average Bonchev–Trinajstić information content (AvgIpc) is 3.00. The van der Waals surface area contributed by atoms with E-state index < -0.39 is 11.8 Å². The highest BCUT2D eigenvalue weighted by Gasteiger charge is 2.14. The van der Waals surface area contributed by atoms with Crippen LogP contribution in [0.25, 0.3) is 10.9 Å². The van der Waals surface area contributed by atoms with Crippen LogP contribution in [-0.2, 0) is 4.74 Å². The standard InChI is InChI=1S/C17H15ClFN3O2/c1-2-24-17(23)15-8-10-14(6-5-13(20)16(10)22-15)21-9-3-4-12(19)11(18)7-9/h3-8,21-22H,2,20H2,1H3. The first kappa shape index (κ1) is 16.1. The fourth-order valence-electron chi connectivity index (χ4n) is 2.40. The number of H-pyrrole nitrogens is 1. The van der Waals surface area contributed by atoms with E-state index in [-0.39, 0.29) is 11.6 Å². The van der Waals surface area contributed by atoms with Crippen LogP contribution in [-0.4, -0.2) is 17.6 Å². The molecule has 0 aliphatic carbocycles. The number of nitrogens with two attached hydrogens (primary N) is 1. The molecule has 5 nitrogen and oxygen atoms in total. The number of fused-ring (bicyclic) bond motifs is 1. The van der Waals surface area contributed by atoms with Gasteiger partial charge in [-0.1, -0.05) is 11.6 Å². The number of hydrogen-bond acceptors (Lipinski definition) is 4. The molecule has 0 spiro atoms. The molecule has 0 saturated carbocycles. The third-order valence-corrected chi connectivity index (χ3v) is 3.81. The van der Waals surface area contributed by atoms with Crippen molar-refractivity contribution in [1.29, 1.82) is 0 Å². The summed E-state index contributed by atoms with van der Waals surface area (Å²) >= 11 is 5.80. The topological polar surface area (TPSA) is 80.1 Å². The van der Waals surface area contributed by atoms with Gasteiger partial charge in [0.05, 0.1) is 22.8 Å². The highest BCUT2D eigenvalue weighted by Crippen LogP contribution is 2.32. The fraction of sp³-hybridized carbons (Fsp3) is 0.118. The van der Waals surface area contributed by atoms with Gasteiger partial charge < -0.3 is 20.8 Å². The van der Waals surface area contributed by atoms with Crippen LogP contribution < -0.4 is 11.1 Å². The molecule has 2 aromatic carbocycles. The predicted molar refractivity (Wildman–Crippen MR) is 93.4 cm³/mol. The average molecular weight is 348 g/mol. The molecule has 1 heterocycles. The zero-order chi connectivity index (χ0) is 17.3. The summed E-state index contributed by atoms with van der Waals surface area (Å²) in [7, 11) is 0. The van der Waals surface area contributed by atoms with Crippen LogP contribution in [0, 0.1) is 5.82 Å². The highest BCUT2D eigenvalue weighted by atomic mass is 35.5. The molecule has 0 bridgehead atoms. The van der Waals surface area contributed by atoms with E-state index in [4.69, 9.17) is 22.1 Å². The molecule has 4 N–H and O–H groups in total. The Kier molecular flexibility index (Phi) is 4.31. The van der Waals surface area contributed by atoms with Gasteiger partial charge in [-0.25, -0.2) is 9.18 Å². The molecule has 0 radical (unpaired) electrons. The van der Waals surface area contributed by atoms with Gasteiger partial charge in [0, 0.05) is 16.8 Å². The minimum Gasteiger partial charge on any atom is -0.461 e. The third kappa shape index (κ3) is 3.00. The number of nitrogen functional groups attached to an aromatic ring is 1. The van der Waals surface area contributed by atoms with Gasteiger partial charge in [0.25, 0.3) is 0 Å². The van der Waals surface area contributed by atoms with E-state index in [9.17, 15) is 9.18 Å². The largest absolute Gasteiger partial charge is 0.461 e. The summed E-state index contributed by atoms with van der Waals surface area (Å²) in [6, 6.07) is 9.48. The summed E-state index contributed by atoms with van der Waals surface area (Å²) in [5.74, 6) is -0.945. The lowest BCUT2D eigenvalue weighted by Gasteiger charge is -2.09. The van der Waals surface area contributed by atoms with E-state index in [1.54, 1.807) is 31.2 Å². The Balaban J connectivity index is 2.02. The second-order valence-electron chi connectivity index (χ2n) is 5.15. The molecular formula is C17H15ClFN3O2. The summed E-state index contributed by atoms with van der Waals surface area (Å²) in [6.07, 6.45) is 0. The maximum Gasteiger partial charge on any atom is 0.354 e. The van der Waals surface area contributed by atoms with Gasteiger partial charge in [-0.15, -0.1) is 0 Å². The van der Waals surface area contributed by atoms with E-state index in [0.29, 0.717) is 28.3 Å². The lowest BCUT2D eigenvalue weighted by molar-refractivity contribution is 0.0520. The van der Waals surface area contributed by atoms with E-state index >= 15 is 0 Å². The van der Waals surface area contributed by atoms with Crippen LogP contribution >= 0.6 is 11.6 Å². The van der Waals surface area contributed by atoms with E-state index in [1.807, 2.05) is 0 Å². The molecule has 7 heteroatoms. The first-order valence-corrected chi connectivity index (χ1v) is 7.67. The molecule has 0 amide bonds. The zero-order valence-electron chi connectivity index (χ0n) is 12.8. The summed E-state index contributed by atoms with van der Waals surface area (Å²) in [5, 5.41) is 3.89. The molecule has 0 fully saturated rings. The van der Waals surface area contributed by atoms with Gasteiger partial charge in [0.15, 0.2) is 0 Å². The third-order valence-electron chi connectivity index (χ3n) is 3.52. The molecular weight excluding hydrogens is 333 g/mol. The van der Waals surface area contributed by atoms with Crippen molar-refractivity contribution >= 4 is 45.5 Å².